The van der Waals surface area contributed by atoms with Crippen molar-refractivity contribution in [3.63, 3.8) is 0 Å². The summed E-state index contributed by atoms with van der Waals surface area (Å²) in [6.45, 7) is 7.63. The Morgan fingerprint density at radius 3 is 2.83 bits per heavy atom. The average molecular weight is 183 g/mol. The zero-order valence-electron chi connectivity index (χ0n) is 8.05. The first-order valence-electron chi connectivity index (χ1n) is 4.50. The first-order chi connectivity index (χ1) is 5.74. The molecule has 0 aliphatic rings. The largest absolute Gasteiger partial charge is 0.309 e. The van der Waals surface area contributed by atoms with Crippen LogP contribution >= 0.6 is 11.3 Å². The molecule has 0 saturated carbocycles. The second-order valence-electron chi connectivity index (χ2n) is 3.22. The van der Waals surface area contributed by atoms with Crippen LogP contribution in [-0.2, 0) is 6.54 Å². The van der Waals surface area contributed by atoms with E-state index in [0.29, 0.717) is 6.04 Å². The van der Waals surface area contributed by atoms with E-state index in [1.54, 1.807) is 0 Å². The van der Waals surface area contributed by atoms with E-state index in [1.807, 2.05) is 11.3 Å². The minimum atomic E-state index is 0.631. The normalized spacial score (nSPS) is 13.2. The van der Waals surface area contributed by atoms with Crippen LogP contribution in [0.15, 0.2) is 11.4 Å². The molecular formula is C10H17NS. The second-order valence-corrected chi connectivity index (χ2v) is 4.22. The minimum Gasteiger partial charge on any atom is -0.309 e. The van der Waals surface area contributed by atoms with Gasteiger partial charge < -0.3 is 5.32 Å². The summed E-state index contributed by atoms with van der Waals surface area (Å²) in [4.78, 5) is 1.47. The lowest BCUT2D eigenvalue weighted by molar-refractivity contribution is 0.536. The highest BCUT2D eigenvalue weighted by Crippen LogP contribution is 2.15. The van der Waals surface area contributed by atoms with Crippen molar-refractivity contribution >= 4 is 11.3 Å². The summed E-state index contributed by atoms with van der Waals surface area (Å²) in [6, 6.07) is 2.81. The van der Waals surface area contributed by atoms with Crippen molar-refractivity contribution in [1.82, 2.24) is 5.32 Å². The number of thiophene rings is 1. The summed E-state index contributed by atoms with van der Waals surface area (Å²) in [6.07, 6.45) is 1.20. The molecule has 1 aromatic rings. The van der Waals surface area contributed by atoms with Crippen LogP contribution in [0.5, 0.6) is 0 Å². The summed E-state index contributed by atoms with van der Waals surface area (Å²) in [5.41, 5.74) is 1.41. The van der Waals surface area contributed by atoms with Gasteiger partial charge in [0.2, 0.25) is 0 Å². The van der Waals surface area contributed by atoms with Crippen molar-refractivity contribution < 1.29 is 0 Å². The van der Waals surface area contributed by atoms with Crippen LogP contribution in [0, 0.1) is 6.92 Å². The van der Waals surface area contributed by atoms with Crippen molar-refractivity contribution in [2.75, 3.05) is 0 Å². The molecule has 0 saturated heterocycles. The van der Waals surface area contributed by atoms with Gasteiger partial charge in [-0.15, -0.1) is 11.3 Å². The monoisotopic (exact) mass is 183 g/mol. The molecule has 68 valence electrons. The van der Waals surface area contributed by atoms with Gasteiger partial charge in [-0.1, -0.05) is 6.92 Å². The molecule has 0 spiro atoms. The minimum absolute atomic E-state index is 0.631. The average Bonchev–Trinajstić information content (AvgIpc) is 2.47. The van der Waals surface area contributed by atoms with E-state index in [1.165, 1.54) is 16.9 Å². The first kappa shape index (κ1) is 9.75. The molecule has 1 aromatic heterocycles. The maximum atomic E-state index is 3.49. The Hall–Kier alpha value is -0.340. The van der Waals surface area contributed by atoms with Crippen molar-refractivity contribution in [3.05, 3.63) is 21.9 Å². The van der Waals surface area contributed by atoms with E-state index in [9.17, 15) is 0 Å². The second kappa shape index (κ2) is 4.63. The van der Waals surface area contributed by atoms with Crippen molar-refractivity contribution in [1.29, 1.82) is 0 Å². The molecule has 1 nitrogen and oxygen atoms in total. The molecule has 0 aromatic carbocycles. The van der Waals surface area contributed by atoms with E-state index in [2.05, 4.69) is 37.5 Å². The van der Waals surface area contributed by atoms with Crippen molar-refractivity contribution in [3.8, 4) is 0 Å². The quantitative estimate of drug-likeness (QED) is 0.756. The highest BCUT2D eigenvalue weighted by molar-refractivity contribution is 7.10. The molecule has 0 aliphatic heterocycles. The van der Waals surface area contributed by atoms with E-state index < -0.39 is 0 Å². The summed E-state index contributed by atoms with van der Waals surface area (Å²) in [7, 11) is 0. The van der Waals surface area contributed by atoms with Crippen LogP contribution in [0.2, 0.25) is 0 Å². The summed E-state index contributed by atoms with van der Waals surface area (Å²) in [5, 5.41) is 5.64. The fourth-order valence-electron chi connectivity index (χ4n) is 0.996. The van der Waals surface area contributed by atoms with Gasteiger partial charge in [0.05, 0.1) is 0 Å². The van der Waals surface area contributed by atoms with Crippen LogP contribution in [0.25, 0.3) is 0 Å². The predicted octanol–water partition coefficient (Wildman–Crippen LogP) is 2.94. The van der Waals surface area contributed by atoms with Crippen LogP contribution in [0.3, 0.4) is 0 Å². The van der Waals surface area contributed by atoms with E-state index in [-0.39, 0.29) is 0 Å². The van der Waals surface area contributed by atoms with Gasteiger partial charge in [0, 0.05) is 17.5 Å². The Kier molecular flexibility index (Phi) is 3.76. The first-order valence-corrected chi connectivity index (χ1v) is 5.38. The van der Waals surface area contributed by atoms with Gasteiger partial charge >= 0.3 is 0 Å². The number of aryl methyl sites for hydroxylation is 1. The van der Waals surface area contributed by atoms with Crippen LogP contribution in [-0.4, -0.2) is 6.04 Å². The lowest BCUT2D eigenvalue weighted by atomic mass is 10.2. The van der Waals surface area contributed by atoms with E-state index >= 15 is 0 Å². The van der Waals surface area contributed by atoms with E-state index in [4.69, 9.17) is 0 Å². The maximum Gasteiger partial charge on any atom is 0.0304 e. The molecular weight excluding hydrogens is 166 g/mol. The number of rotatable bonds is 4. The Labute approximate surface area is 78.8 Å². The lowest BCUT2D eigenvalue weighted by Gasteiger charge is -2.10. The molecule has 0 bridgehead atoms. The number of hydrogen-bond donors (Lipinski definition) is 1. The maximum absolute atomic E-state index is 3.49. The molecule has 0 radical (unpaired) electrons. The fourth-order valence-corrected chi connectivity index (χ4v) is 1.85. The molecule has 0 aliphatic carbocycles. The van der Waals surface area contributed by atoms with Gasteiger partial charge in [-0.3, -0.25) is 0 Å². The van der Waals surface area contributed by atoms with Crippen LogP contribution < -0.4 is 5.32 Å². The predicted molar refractivity (Wildman–Crippen MR) is 55.6 cm³/mol. The molecule has 1 atom stereocenters. The molecule has 12 heavy (non-hydrogen) atoms. The van der Waals surface area contributed by atoms with Crippen molar-refractivity contribution in [2.24, 2.45) is 0 Å². The highest BCUT2D eigenvalue weighted by Gasteiger charge is 2.01. The third kappa shape index (κ3) is 2.61. The molecule has 1 heterocycles. The standard InChI is InChI=1S/C10H17NS/c1-4-9(3)11-7-10-8(2)5-6-12-10/h5-6,9,11H,4,7H2,1-3H3/t9-/m1/s1. The molecule has 0 fully saturated rings. The SMILES string of the molecule is CC[C@@H](C)NCc1sccc1C. The summed E-state index contributed by atoms with van der Waals surface area (Å²) in [5.74, 6) is 0. The van der Waals surface area contributed by atoms with Gasteiger partial charge in [0.25, 0.3) is 0 Å². The smallest absolute Gasteiger partial charge is 0.0304 e. The van der Waals surface area contributed by atoms with Gasteiger partial charge in [0.15, 0.2) is 0 Å². The number of hydrogen-bond acceptors (Lipinski definition) is 2. The third-order valence-corrected chi connectivity index (χ3v) is 3.21. The highest BCUT2D eigenvalue weighted by atomic mass is 32.1. The summed E-state index contributed by atoms with van der Waals surface area (Å²) >= 11 is 1.84. The Balaban J connectivity index is 2.38. The molecule has 1 N–H and O–H groups in total. The molecule has 2 heteroatoms. The van der Waals surface area contributed by atoms with Crippen molar-refractivity contribution in [2.45, 2.75) is 39.8 Å². The van der Waals surface area contributed by atoms with Crippen LogP contribution in [0.4, 0.5) is 0 Å². The topological polar surface area (TPSA) is 12.0 Å². The van der Waals surface area contributed by atoms with Gasteiger partial charge in [-0.05, 0) is 37.3 Å². The summed E-state index contributed by atoms with van der Waals surface area (Å²) < 4.78 is 0. The van der Waals surface area contributed by atoms with Gasteiger partial charge in [0.1, 0.15) is 0 Å². The zero-order chi connectivity index (χ0) is 8.97. The molecule has 0 amide bonds. The molecule has 0 unspecified atom stereocenters. The third-order valence-electron chi connectivity index (χ3n) is 2.19. The van der Waals surface area contributed by atoms with Crippen LogP contribution in [0.1, 0.15) is 30.7 Å². The van der Waals surface area contributed by atoms with Gasteiger partial charge in [-0.25, -0.2) is 0 Å². The Bertz CT molecular complexity index is 229. The Morgan fingerprint density at radius 2 is 2.33 bits per heavy atom. The van der Waals surface area contributed by atoms with Gasteiger partial charge in [-0.2, -0.15) is 0 Å². The number of nitrogens with one attached hydrogen (secondary N) is 1. The van der Waals surface area contributed by atoms with E-state index in [0.717, 1.165) is 6.54 Å². The Morgan fingerprint density at radius 1 is 1.58 bits per heavy atom. The zero-order valence-corrected chi connectivity index (χ0v) is 8.87. The lowest BCUT2D eigenvalue weighted by Crippen LogP contribution is -2.24. The molecule has 1 rings (SSSR count). The fraction of sp³-hybridized carbons (Fsp3) is 0.600.